The van der Waals surface area contributed by atoms with Gasteiger partial charge in [0.1, 0.15) is 5.75 Å². The maximum absolute atomic E-state index is 11.1. The van der Waals surface area contributed by atoms with Gasteiger partial charge in [-0.25, -0.2) is 0 Å². The molecule has 0 spiro atoms. The average molecular weight is 149 g/mol. The molecule has 0 amide bonds. The van der Waals surface area contributed by atoms with Crippen LogP contribution >= 0.6 is 0 Å². The Hall–Kier alpha value is -1.51. The monoisotopic (exact) mass is 149 g/mol. The molecule has 0 fully saturated rings. The van der Waals surface area contributed by atoms with Gasteiger partial charge in [0.15, 0.2) is 6.61 Å². The smallest absolute Gasteiger partial charge is 0.206 e. The van der Waals surface area contributed by atoms with Crippen molar-refractivity contribution >= 4 is 11.5 Å². The SMILES string of the molecule is Nc1cccc2c1C(=O)CO2. The van der Waals surface area contributed by atoms with Crippen molar-refractivity contribution < 1.29 is 9.53 Å². The number of anilines is 1. The van der Waals surface area contributed by atoms with Crippen LogP contribution in [0.5, 0.6) is 5.75 Å². The van der Waals surface area contributed by atoms with Crippen molar-refractivity contribution in [3.8, 4) is 5.75 Å². The fraction of sp³-hybridized carbons (Fsp3) is 0.125. The quantitative estimate of drug-likeness (QED) is 0.556. The number of hydrogen-bond donors (Lipinski definition) is 1. The molecule has 0 bridgehead atoms. The Bertz CT molecular complexity index is 320. The van der Waals surface area contributed by atoms with E-state index in [1.165, 1.54) is 0 Å². The van der Waals surface area contributed by atoms with E-state index in [4.69, 9.17) is 10.5 Å². The molecule has 1 aromatic rings. The average Bonchev–Trinajstić information content (AvgIpc) is 2.34. The first-order chi connectivity index (χ1) is 5.29. The van der Waals surface area contributed by atoms with Gasteiger partial charge < -0.3 is 10.5 Å². The van der Waals surface area contributed by atoms with E-state index in [-0.39, 0.29) is 12.4 Å². The third-order valence-corrected chi connectivity index (χ3v) is 1.70. The summed E-state index contributed by atoms with van der Waals surface area (Å²) >= 11 is 0. The zero-order valence-corrected chi connectivity index (χ0v) is 5.83. The molecule has 1 aromatic carbocycles. The maximum atomic E-state index is 11.1. The lowest BCUT2D eigenvalue weighted by atomic mass is 10.1. The van der Waals surface area contributed by atoms with Crippen molar-refractivity contribution in [2.24, 2.45) is 0 Å². The maximum Gasteiger partial charge on any atom is 0.206 e. The van der Waals surface area contributed by atoms with E-state index in [1.807, 2.05) is 0 Å². The summed E-state index contributed by atoms with van der Waals surface area (Å²) in [6.45, 7) is 0.129. The van der Waals surface area contributed by atoms with Crippen LogP contribution in [0.4, 0.5) is 5.69 Å². The zero-order chi connectivity index (χ0) is 7.84. The van der Waals surface area contributed by atoms with E-state index in [2.05, 4.69) is 0 Å². The van der Waals surface area contributed by atoms with Gasteiger partial charge in [-0.2, -0.15) is 0 Å². The predicted octanol–water partition coefficient (Wildman–Crippen LogP) is 0.844. The van der Waals surface area contributed by atoms with Gasteiger partial charge in [-0.15, -0.1) is 0 Å². The summed E-state index contributed by atoms with van der Waals surface area (Å²) in [5.41, 5.74) is 6.60. The predicted molar refractivity (Wildman–Crippen MR) is 40.7 cm³/mol. The largest absolute Gasteiger partial charge is 0.485 e. The fourth-order valence-corrected chi connectivity index (χ4v) is 1.18. The van der Waals surface area contributed by atoms with Crippen molar-refractivity contribution in [1.82, 2.24) is 0 Å². The summed E-state index contributed by atoms with van der Waals surface area (Å²) in [5.74, 6) is 0.577. The van der Waals surface area contributed by atoms with Crippen LogP contribution in [0.3, 0.4) is 0 Å². The number of carbonyl (C=O) groups excluding carboxylic acids is 1. The summed E-state index contributed by atoms with van der Waals surface area (Å²) in [6, 6.07) is 5.22. The van der Waals surface area contributed by atoms with Crippen LogP contribution in [-0.2, 0) is 0 Å². The number of hydrogen-bond acceptors (Lipinski definition) is 3. The summed E-state index contributed by atoms with van der Waals surface area (Å²) in [7, 11) is 0. The number of nitrogen functional groups attached to an aromatic ring is 1. The Kier molecular flexibility index (Phi) is 1.12. The Labute approximate surface area is 63.8 Å². The number of fused-ring (bicyclic) bond motifs is 1. The Morgan fingerprint density at radius 2 is 2.27 bits per heavy atom. The molecule has 11 heavy (non-hydrogen) atoms. The molecule has 1 aliphatic heterocycles. The van der Waals surface area contributed by atoms with Gasteiger partial charge in [0.25, 0.3) is 0 Å². The van der Waals surface area contributed by atoms with E-state index >= 15 is 0 Å². The standard InChI is InChI=1S/C8H7NO2/c9-5-2-1-3-7-8(5)6(10)4-11-7/h1-3H,4,9H2. The lowest BCUT2D eigenvalue weighted by Gasteiger charge is -1.97. The molecular weight excluding hydrogens is 142 g/mol. The van der Waals surface area contributed by atoms with Gasteiger partial charge in [0.2, 0.25) is 5.78 Å². The van der Waals surface area contributed by atoms with Crippen LogP contribution in [0.2, 0.25) is 0 Å². The first kappa shape index (κ1) is 6.22. The minimum Gasteiger partial charge on any atom is -0.485 e. The third-order valence-electron chi connectivity index (χ3n) is 1.70. The second-order valence-corrected chi connectivity index (χ2v) is 2.43. The van der Waals surface area contributed by atoms with Crippen LogP contribution in [0, 0.1) is 0 Å². The minimum atomic E-state index is -0.0295. The molecule has 0 saturated heterocycles. The van der Waals surface area contributed by atoms with Crippen molar-refractivity contribution in [3.05, 3.63) is 23.8 Å². The van der Waals surface area contributed by atoms with Gasteiger partial charge in [-0.05, 0) is 12.1 Å². The lowest BCUT2D eigenvalue weighted by molar-refractivity contribution is 0.0961. The molecule has 2 N–H and O–H groups in total. The van der Waals surface area contributed by atoms with E-state index in [0.717, 1.165) is 0 Å². The Morgan fingerprint density at radius 1 is 1.45 bits per heavy atom. The second kappa shape index (κ2) is 1.99. The normalized spacial score (nSPS) is 14.4. The van der Waals surface area contributed by atoms with Crippen molar-refractivity contribution in [3.63, 3.8) is 0 Å². The molecule has 0 radical (unpaired) electrons. The highest BCUT2D eigenvalue weighted by Crippen LogP contribution is 2.29. The van der Waals surface area contributed by atoms with E-state index in [9.17, 15) is 4.79 Å². The van der Waals surface area contributed by atoms with Crippen LogP contribution in [0.25, 0.3) is 0 Å². The number of ketones is 1. The first-order valence-corrected chi connectivity index (χ1v) is 3.33. The molecule has 0 saturated carbocycles. The topological polar surface area (TPSA) is 52.3 Å². The Balaban J connectivity index is 2.68. The van der Waals surface area contributed by atoms with Gasteiger partial charge in [-0.3, -0.25) is 4.79 Å². The first-order valence-electron chi connectivity index (χ1n) is 3.33. The summed E-state index contributed by atoms with van der Waals surface area (Å²) in [6.07, 6.45) is 0. The molecule has 1 heterocycles. The highest BCUT2D eigenvalue weighted by Gasteiger charge is 2.22. The van der Waals surface area contributed by atoms with Gasteiger partial charge in [-0.1, -0.05) is 6.07 Å². The molecule has 0 unspecified atom stereocenters. The number of benzene rings is 1. The zero-order valence-electron chi connectivity index (χ0n) is 5.83. The highest BCUT2D eigenvalue weighted by molar-refractivity contribution is 6.06. The van der Waals surface area contributed by atoms with Crippen molar-refractivity contribution in [1.29, 1.82) is 0 Å². The second-order valence-electron chi connectivity index (χ2n) is 2.43. The molecule has 0 aliphatic carbocycles. The molecule has 2 rings (SSSR count). The summed E-state index contributed by atoms with van der Waals surface area (Å²) in [5, 5.41) is 0. The molecule has 3 nitrogen and oxygen atoms in total. The minimum absolute atomic E-state index is 0.0295. The van der Waals surface area contributed by atoms with E-state index < -0.39 is 0 Å². The van der Waals surface area contributed by atoms with E-state index in [1.54, 1.807) is 18.2 Å². The van der Waals surface area contributed by atoms with Crippen LogP contribution in [-0.4, -0.2) is 12.4 Å². The molecule has 3 heteroatoms. The number of nitrogens with two attached hydrogens (primary N) is 1. The number of carbonyl (C=O) groups is 1. The third kappa shape index (κ3) is 0.774. The molecule has 0 atom stereocenters. The number of ether oxygens (including phenoxy) is 1. The molecule has 1 aliphatic rings. The fourth-order valence-electron chi connectivity index (χ4n) is 1.18. The summed E-state index contributed by atoms with van der Waals surface area (Å²) < 4.78 is 5.06. The molecular formula is C8H7NO2. The van der Waals surface area contributed by atoms with Crippen molar-refractivity contribution in [2.45, 2.75) is 0 Å². The van der Waals surface area contributed by atoms with Crippen LogP contribution in [0.15, 0.2) is 18.2 Å². The number of Topliss-reactive ketones (excluding diaryl/α,β-unsaturated/α-hetero) is 1. The van der Waals surface area contributed by atoms with Gasteiger partial charge in [0.05, 0.1) is 5.56 Å². The van der Waals surface area contributed by atoms with Gasteiger partial charge in [0, 0.05) is 5.69 Å². The highest BCUT2D eigenvalue weighted by atomic mass is 16.5. The number of rotatable bonds is 0. The summed E-state index contributed by atoms with van der Waals surface area (Å²) in [4.78, 5) is 11.1. The Morgan fingerprint density at radius 3 is 3.00 bits per heavy atom. The molecule has 0 aromatic heterocycles. The van der Waals surface area contributed by atoms with Gasteiger partial charge >= 0.3 is 0 Å². The van der Waals surface area contributed by atoms with Crippen LogP contribution in [0.1, 0.15) is 10.4 Å². The van der Waals surface area contributed by atoms with Crippen molar-refractivity contribution in [2.75, 3.05) is 12.3 Å². The molecule has 56 valence electrons. The van der Waals surface area contributed by atoms with E-state index in [0.29, 0.717) is 17.0 Å². The van der Waals surface area contributed by atoms with Crippen LogP contribution < -0.4 is 10.5 Å². The lowest BCUT2D eigenvalue weighted by Crippen LogP contribution is -2.01.